The van der Waals surface area contributed by atoms with Crippen molar-refractivity contribution in [3.63, 3.8) is 0 Å². The largest absolute Gasteiger partial charge is 0.465 e. The zero-order valence-electron chi connectivity index (χ0n) is 10.5. The highest BCUT2D eigenvalue weighted by atomic mass is 79.9. The van der Waals surface area contributed by atoms with E-state index in [1.165, 1.54) is 6.08 Å². The van der Waals surface area contributed by atoms with E-state index in [0.29, 0.717) is 5.76 Å². The summed E-state index contributed by atoms with van der Waals surface area (Å²) in [7, 11) is 0. The molecule has 1 aromatic heterocycles. The van der Waals surface area contributed by atoms with Crippen LogP contribution in [0.3, 0.4) is 0 Å². The highest BCUT2D eigenvalue weighted by molar-refractivity contribution is 9.10. The molecular weight excluding hydrogens is 306 g/mol. The standard InChI is InChI=1S/C15H14BrNO2/c1-11(12-4-2-5-13(16)10-12)17-15(18)8-7-14-6-3-9-19-14/h2-11H,1H3,(H,17,18)/b8-7-/t11-/m1/s1. The van der Waals surface area contributed by atoms with Gasteiger partial charge in [0.05, 0.1) is 12.3 Å². The highest BCUT2D eigenvalue weighted by Gasteiger charge is 2.07. The fourth-order valence-corrected chi connectivity index (χ4v) is 2.08. The molecule has 0 saturated carbocycles. The zero-order valence-corrected chi connectivity index (χ0v) is 12.1. The molecule has 1 atom stereocenters. The lowest BCUT2D eigenvalue weighted by Crippen LogP contribution is -2.24. The Kier molecular flexibility index (Phi) is 4.58. The van der Waals surface area contributed by atoms with Crippen LogP contribution in [0.2, 0.25) is 0 Å². The van der Waals surface area contributed by atoms with E-state index in [0.717, 1.165) is 10.0 Å². The average Bonchev–Trinajstić information content (AvgIpc) is 2.89. The van der Waals surface area contributed by atoms with Gasteiger partial charge in [-0.2, -0.15) is 0 Å². The molecule has 1 N–H and O–H groups in total. The Morgan fingerprint density at radius 2 is 2.21 bits per heavy atom. The Bertz CT molecular complexity index is 576. The summed E-state index contributed by atoms with van der Waals surface area (Å²) in [5.41, 5.74) is 1.05. The van der Waals surface area contributed by atoms with Crippen molar-refractivity contribution in [1.82, 2.24) is 5.32 Å². The van der Waals surface area contributed by atoms with Crippen molar-refractivity contribution < 1.29 is 9.21 Å². The van der Waals surface area contributed by atoms with Gasteiger partial charge in [0.15, 0.2) is 0 Å². The number of halogens is 1. The maximum Gasteiger partial charge on any atom is 0.244 e. The first-order chi connectivity index (χ1) is 9.15. The van der Waals surface area contributed by atoms with E-state index in [1.54, 1.807) is 24.5 Å². The summed E-state index contributed by atoms with van der Waals surface area (Å²) in [6, 6.07) is 11.4. The maximum absolute atomic E-state index is 11.8. The molecule has 0 fully saturated rings. The number of amides is 1. The minimum atomic E-state index is -0.149. The van der Waals surface area contributed by atoms with E-state index < -0.39 is 0 Å². The van der Waals surface area contributed by atoms with Crippen molar-refractivity contribution in [2.45, 2.75) is 13.0 Å². The second-order valence-electron chi connectivity index (χ2n) is 4.13. The van der Waals surface area contributed by atoms with E-state index in [1.807, 2.05) is 31.2 Å². The molecule has 1 aromatic carbocycles. The van der Waals surface area contributed by atoms with Crippen LogP contribution in [-0.4, -0.2) is 5.91 Å². The molecule has 0 radical (unpaired) electrons. The Hall–Kier alpha value is -1.81. The number of hydrogen-bond acceptors (Lipinski definition) is 2. The fraction of sp³-hybridized carbons (Fsp3) is 0.133. The molecule has 19 heavy (non-hydrogen) atoms. The van der Waals surface area contributed by atoms with E-state index in [-0.39, 0.29) is 11.9 Å². The van der Waals surface area contributed by atoms with Gasteiger partial charge in [0.25, 0.3) is 0 Å². The molecule has 4 heteroatoms. The molecule has 0 aliphatic rings. The molecule has 0 spiro atoms. The Morgan fingerprint density at radius 1 is 1.37 bits per heavy atom. The molecule has 2 aromatic rings. The molecule has 1 heterocycles. The van der Waals surface area contributed by atoms with Gasteiger partial charge >= 0.3 is 0 Å². The zero-order chi connectivity index (χ0) is 13.7. The van der Waals surface area contributed by atoms with Crippen LogP contribution in [0.25, 0.3) is 6.08 Å². The van der Waals surface area contributed by atoms with Crippen LogP contribution in [0.4, 0.5) is 0 Å². The van der Waals surface area contributed by atoms with Crippen molar-refractivity contribution in [2.75, 3.05) is 0 Å². The number of rotatable bonds is 4. The molecule has 0 aliphatic heterocycles. The van der Waals surface area contributed by atoms with E-state index in [2.05, 4.69) is 21.2 Å². The fourth-order valence-electron chi connectivity index (χ4n) is 1.66. The van der Waals surface area contributed by atoms with Gasteiger partial charge in [-0.05, 0) is 42.8 Å². The average molecular weight is 320 g/mol. The Morgan fingerprint density at radius 3 is 2.89 bits per heavy atom. The Balaban J connectivity index is 1.95. The molecule has 0 aliphatic carbocycles. The number of nitrogens with one attached hydrogen (secondary N) is 1. The minimum absolute atomic E-state index is 0.0498. The molecular formula is C15H14BrNO2. The first kappa shape index (κ1) is 13.6. The number of benzene rings is 1. The summed E-state index contributed by atoms with van der Waals surface area (Å²) in [5, 5.41) is 2.90. The van der Waals surface area contributed by atoms with Gasteiger partial charge < -0.3 is 9.73 Å². The summed E-state index contributed by atoms with van der Waals surface area (Å²) in [4.78, 5) is 11.8. The molecule has 0 unspecified atom stereocenters. The second-order valence-corrected chi connectivity index (χ2v) is 5.05. The van der Waals surface area contributed by atoms with E-state index >= 15 is 0 Å². The monoisotopic (exact) mass is 319 g/mol. The summed E-state index contributed by atoms with van der Waals surface area (Å²) >= 11 is 3.41. The van der Waals surface area contributed by atoms with Crippen LogP contribution >= 0.6 is 15.9 Å². The molecule has 0 bridgehead atoms. The van der Waals surface area contributed by atoms with Crippen molar-refractivity contribution in [2.24, 2.45) is 0 Å². The lowest BCUT2D eigenvalue weighted by atomic mass is 10.1. The van der Waals surface area contributed by atoms with Gasteiger partial charge in [0.2, 0.25) is 5.91 Å². The SMILES string of the molecule is C[C@@H](NC(=O)/C=C\c1ccco1)c1cccc(Br)c1. The normalized spacial score (nSPS) is 12.5. The van der Waals surface area contributed by atoms with Gasteiger partial charge in [-0.15, -0.1) is 0 Å². The van der Waals surface area contributed by atoms with E-state index in [9.17, 15) is 4.79 Å². The lowest BCUT2D eigenvalue weighted by molar-refractivity contribution is -0.117. The van der Waals surface area contributed by atoms with Crippen molar-refractivity contribution in [3.05, 3.63) is 64.5 Å². The summed E-state index contributed by atoms with van der Waals surface area (Å²) in [5.74, 6) is 0.508. The second kappa shape index (κ2) is 6.38. The van der Waals surface area contributed by atoms with Crippen molar-refractivity contribution in [3.8, 4) is 0 Å². The summed E-state index contributed by atoms with van der Waals surface area (Å²) in [6.45, 7) is 1.94. The predicted octanol–water partition coefficient (Wildman–Crippen LogP) is 3.93. The molecule has 0 saturated heterocycles. The van der Waals surface area contributed by atoms with E-state index in [4.69, 9.17) is 4.42 Å². The Labute approximate surface area is 120 Å². The first-order valence-corrected chi connectivity index (χ1v) is 6.72. The first-order valence-electron chi connectivity index (χ1n) is 5.93. The quantitative estimate of drug-likeness (QED) is 0.867. The van der Waals surface area contributed by atoms with Crippen LogP contribution < -0.4 is 5.32 Å². The van der Waals surface area contributed by atoms with Crippen LogP contribution in [0, 0.1) is 0 Å². The third-order valence-electron chi connectivity index (χ3n) is 2.65. The van der Waals surface area contributed by atoms with Gasteiger partial charge in [-0.1, -0.05) is 28.1 Å². The molecule has 3 nitrogen and oxygen atoms in total. The topological polar surface area (TPSA) is 42.2 Å². The number of carbonyl (C=O) groups is 1. The smallest absolute Gasteiger partial charge is 0.244 e. The summed E-state index contributed by atoms with van der Waals surface area (Å²) in [6.07, 6.45) is 4.68. The van der Waals surface area contributed by atoms with Crippen LogP contribution in [-0.2, 0) is 4.79 Å². The third-order valence-corrected chi connectivity index (χ3v) is 3.14. The van der Waals surface area contributed by atoms with Crippen molar-refractivity contribution in [1.29, 1.82) is 0 Å². The number of furan rings is 1. The van der Waals surface area contributed by atoms with Crippen LogP contribution in [0.1, 0.15) is 24.3 Å². The number of carbonyl (C=O) groups excluding carboxylic acids is 1. The minimum Gasteiger partial charge on any atom is -0.465 e. The third kappa shape index (κ3) is 4.10. The van der Waals surface area contributed by atoms with Gasteiger partial charge in [0.1, 0.15) is 5.76 Å². The molecule has 1 amide bonds. The van der Waals surface area contributed by atoms with Crippen molar-refractivity contribution >= 4 is 27.9 Å². The molecule has 2 rings (SSSR count). The van der Waals surface area contributed by atoms with Crippen LogP contribution in [0.15, 0.2) is 57.6 Å². The maximum atomic E-state index is 11.8. The highest BCUT2D eigenvalue weighted by Crippen LogP contribution is 2.17. The predicted molar refractivity (Wildman–Crippen MR) is 78.4 cm³/mol. The van der Waals surface area contributed by atoms with Gasteiger partial charge in [0, 0.05) is 10.5 Å². The molecule has 98 valence electrons. The van der Waals surface area contributed by atoms with Gasteiger partial charge in [-0.3, -0.25) is 4.79 Å². The lowest BCUT2D eigenvalue weighted by Gasteiger charge is -2.13. The summed E-state index contributed by atoms with van der Waals surface area (Å²) < 4.78 is 6.11. The van der Waals surface area contributed by atoms with Gasteiger partial charge in [-0.25, -0.2) is 0 Å². The number of hydrogen-bond donors (Lipinski definition) is 1. The van der Waals surface area contributed by atoms with Crippen LogP contribution in [0.5, 0.6) is 0 Å².